The highest BCUT2D eigenvalue weighted by molar-refractivity contribution is 7.92. The van der Waals surface area contributed by atoms with E-state index in [0.717, 1.165) is 0 Å². The van der Waals surface area contributed by atoms with Gasteiger partial charge in [-0.05, 0) is 24.1 Å². The van der Waals surface area contributed by atoms with Gasteiger partial charge in [0.2, 0.25) is 11.8 Å². The van der Waals surface area contributed by atoms with Gasteiger partial charge in [0, 0.05) is 0 Å². The fourth-order valence-electron chi connectivity index (χ4n) is 2.73. The molecule has 2 aromatic carbocycles. The summed E-state index contributed by atoms with van der Waals surface area (Å²) in [7, 11) is -3.84. The third kappa shape index (κ3) is 2.90. The van der Waals surface area contributed by atoms with E-state index in [1.807, 2.05) is 6.07 Å². The average molecular weight is 329 g/mol. The lowest BCUT2D eigenvalue weighted by Crippen LogP contribution is -2.50. The Kier molecular flexibility index (Phi) is 4.00. The van der Waals surface area contributed by atoms with E-state index in [1.54, 1.807) is 42.5 Å². The van der Waals surface area contributed by atoms with E-state index in [-0.39, 0.29) is 11.3 Å². The number of amides is 2. The smallest absolute Gasteiger partial charge is 0.245 e. The van der Waals surface area contributed by atoms with Crippen molar-refractivity contribution in [3.05, 3.63) is 66.2 Å². The molecule has 0 bridgehead atoms. The Morgan fingerprint density at radius 1 is 0.826 bits per heavy atom. The van der Waals surface area contributed by atoms with Crippen molar-refractivity contribution in [3.8, 4) is 0 Å². The molecular weight excluding hydrogens is 314 g/mol. The molecule has 1 N–H and O–H groups in total. The number of benzene rings is 2. The Balaban J connectivity index is 1.97. The lowest BCUT2D eigenvalue weighted by Gasteiger charge is -2.27. The Morgan fingerprint density at radius 3 is 2.00 bits per heavy atom. The van der Waals surface area contributed by atoms with Gasteiger partial charge in [-0.2, -0.15) is 0 Å². The molecule has 5 nitrogen and oxygen atoms in total. The van der Waals surface area contributed by atoms with Crippen LogP contribution in [0.25, 0.3) is 0 Å². The summed E-state index contributed by atoms with van der Waals surface area (Å²) < 4.78 is 25.4. The minimum Gasteiger partial charge on any atom is -0.295 e. The molecule has 2 atom stereocenters. The lowest BCUT2D eigenvalue weighted by atomic mass is 9.90. The van der Waals surface area contributed by atoms with E-state index in [0.29, 0.717) is 5.56 Å². The van der Waals surface area contributed by atoms with Crippen molar-refractivity contribution in [1.82, 2.24) is 5.32 Å². The average Bonchev–Trinajstić information content (AvgIpc) is 2.56. The highest BCUT2D eigenvalue weighted by atomic mass is 32.2. The van der Waals surface area contributed by atoms with Crippen molar-refractivity contribution in [2.24, 2.45) is 0 Å². The van der Waals surface area contributed by atoms with Crippen molar-refractivity contribution in [1.29, 1.82) is 0 Å². The van der Waals surface area contributed by atoms with Crippen molar-refractivity contribution in [3.63, 3.8) is 0 Å². The second-order valence-corrected chi connectivity index (χ2v) is 7.53. The van der Waals surface area contributed by atoms with Crippen LogP contribution in [0.4, 0.5) is 0 Å². The first-order valence-electron chi connectivity index (χ1n) is 7.19. The monoisotopic (exact) mass is 329 g/mol. The Bertz CT molecular complexity index is 831. The zero-order valence-corrected chi connectivity index (χ0v) is 13.0. The molecule has 3 rings (SSSR count). The normalized spacial score (nSPS) is 21.7. The van der Waals surface area contributed by atoms with Crippen LogP contribution in [0.5, 0.6) is 0 Å². The molecule has 23 heavy (non-hydrogen) atoms. The van der Waals surface area contributed by atoms with Gasteiger partial charge in [0.25, 0.3) is 0 Å². The van der Waals surface area contributed by atoms with E-state index >= 15 is 0 Å². The zero-order valence-electron chi connectivity index (χ0n) is 12.2. The molecule has 0 aliphatic carbocycles. The van der Waals surface area contributed by atoms with Crippen LogP contribution >= 0.6 is 0 Å². The summed E-state index contributed by atoms with van der Waals surface area (Å²) in [6, 6.07) is 16.7. The molecule has 2 aromatic rings. The second-order valence-electron chi connectivity index (χ2n) is 5.40. The van der Waals surface area contributed by atoms with Gasteiger partial charge in [0.1, 0.15) is 5.25 Å². The lowest BCUT2D eigenvalue weighted by molar-refractivity contribution is -0.133. The summed E-state index contributed by atoms with van der Waals surface area (Å²) in [6.07, 6.45) is -0.0497. The first-order valence-corrected chi connectivity index (χ1v) is 8.73. The van der Waals surface area contributed by atoms with Gasteiger partial charge in [-0.1, -0.05) is 48.5 Å². The number of hydrogen-bond donors (Lipinski definition) is 1. The predicted molar refractivity (Wildman–Crippen MR) is 84.4 cm³/mol. The van der Waals surface area contributed by atoms with E-state index in [1.165, 1.54) is 12.1 Å². The molecule has 2 amide bonds. The maximum atomic E-state index is 12.7. The van der Waals surface area contributed by atoms with Crippen molar-refractivity contribution in [2.45, 2.75) is 22.5 Å². The van der Waals surface area contributed by atoms with Crippen LogP contribution in [0.1, 0.15) is 17.9 Å². The molecule has 1 aliphatic heterocycles. The minimum absolute atomic E-state index is 0.0497. The number of imide groups is 1. The van der Waals surface area contributed by atoms with E-state index in [4.69, 9.17) is 0 Å². The molecule has 0 aromatic heterocycles. The number of rotatable bonds is 3. The van der Waals surface area contributed by atoms with Crippen LogP contribution in [-0.2, 0) is 19.4 Å². The van der Waals surface area contributed by atoms with Gasteiger partial charge in [-0.25, -0.2) is 8.42 Å². The number of carbonyl (C=O) groups is 2. The van der Waals surface area contributed by atoms with Gasteiger partial charge < -0.3 is 0 Å². The first-order chi connectivity index (χ1) is 11.0. The fourth-order valence-corrected chi connectivity index (χ4v) is 4.38. The Labute approximate surface area is 134 Å². The number of sulfone groups is 1. The number of hydrogen-bond acceptors (Lipinski definition) is 4. The van der Waals surface area contributed by atoms with E-state index < -0.39 is 32.8 Å². The summed E-state index contributed by atoms with van der Waals surface area (Å²) in [5.41, 5.74) is 0.700. The van der Waals surface area contributed by atoms with E-state index in [9.17, 15) is 18.0 Å². The maximum Gasteiger partial charge on any atom is 0.245 e. The summed E-state index contributed by atoms with van der Waals surface area (Å²) >= 11 is 0. The van der Waals surface area contributed by atoms with Crippen LogP contribution in [0.3, 0.4) is 0 Å². The Morgan fingerprint density at radius 2 is 1.39 bits per heavy atom. The molecule has 6 heteroatoms. The number of piperidine rings is 1. The SMILES string of the molecule is O=C1NC(=O)[C@@H](c2ccccc2)C[C@H]1S(=O)(=O)c1ccccc1. The minimum atomic E-state index is -3.84. The maximum absolute atomic E-state index is 12.7. The predicted octanol–water partition coefficient (Wildman–Crippen LogP) is 1.66. The molecule has 118 valence electrons. The largest absolute Gasteiger partial charge is 0.295 e. The Hall–Kier alpha value is -2.47. The quantitative estimate of drug-likeness (QED) is 0.869. The standard InChI is InChI=1S/C17H15NO4S/c19-16-14(12-7-3-1-4-8-12)11-15(17(20)18-16)23(21,22)13-9-5-2-6-10-13/h1-10,14-15H,11H2,(H,18,19,20)/t14-,15-/m1/s1. The summed E-state index contributed by atoms with van der Waals surface area (Å²) in [5, 5.41) is 0.926. The highest BCUT2D eigenvalue weighted by Gasteiger charge is 2.43. The summed E-state index contributed by atoms with van der Waals surface area (Å²) in [5.74, 6) is -1.87. The van der Waals surface area contributed by atoms with Crippen molar-refractivity contribution < 1.29 is 18.0 Å². The van der Waals surface area contributed by atoms with Gasteiger partial charge in [-0.15, -0.1) is 0 Å². The van der Waals surface area contributed by atoms with Gasteiger partial charge in [0.15, 0.2) is 9.84 Å². The van der Waals surface area contributed by atoms with Crippen LogP contribution in [0.15, 0.2) is 65.6 Å². The number of nitrogens with one attached hydrogen (secondary N) is 1. The molecule has 0 radical (unpaired) electrons. The third-order valence-corrected chi connectivity index (χ3v) is 6.04. The first kappa shape index (κ1) is 15.4. The molecular formula is C17H15NO4S. The zero-order chi connectivity index (χ0) is 16.4. The van der Waals surface area contributed by atoms with E-state index in [2.05, 4.69) is 5.32 Å². The topological polar surface area (TPSA) is 80.3 Å². The summed E-state index contributed by atoms with van der Waals surface area (Å²) in [6.45, 7) is 0. The van der Waals surface area contributed by atoms with Crippen LogP contribution in [0, 0.1) is 0 Å². The molecule has 0 saturated carbocycles. The van der Waals surface area contributed by atoms with Gasteiger partial charge >= 0.3 is 0 Å². The third-order valence-electron chi connectivity index (χ3n) is 3.95. The van der Waals surface area contributed by atoms with Crippen LogP contribution in [0.2, 0.25) is 0 Å². The van der Waals surface area contributed by atoms with Crippen molar-refractivity contribution in [2.75, 3.05) is 0 Å². The van der Waals surface area contributed by atoms with Crippen LogP contribution in [-0.4, -0.2) is 25.5 Å². The second kappa shape index (κ2) is 5.96. The molecule has 1 saturated heterocycles. The summed E-state index contributed by atoms with van der Waals surface area (Å²) in [4.78, 5) is 24.3. The molecule has 0 unspecified atom stereocenters. The highest BCUT2D eigenvalue weighted by Crippen LogP contribution is 2.30. The van der Waals surface area contributed by atoms with Gasteiger partial charge in [0.05, 0.1) is 10.8 Å². The fraction of sp³-hybridized carbons (Fsp3) is 0.176. The van der Waals surface area contributed by atoms with Gasteiger partial charge in [-0.3, -0.25) is 14.9 Å². The molecule has 1 fully saturated rings. The van der Waals surface area contributed by atoms with Crippen LogP contribution < -0.4 is 5.32 Å². The molecule has 0 spiro atoms. The van der Waals surface area contributed by atoms with Crippen molar-refractivity contribution >= 4 is 21.7 Å². The molecule has 1 aliphatic rings. The molecule has 1 heterocycles. The number of carbonyl (C=O) groups excluding carboxylic acids is 2.